The van der Waals surface area contributed by atoms with Gasteiger partial charge in [0, 0.05) is 12.1 Å². The number of amides is 3. The first-order chi connectivity index (χ1) is 19.4. The van der Waals surface area contributed by atoms with Crippen LogP contribution in [0.4, 0.5) is 0 Å². The molecule has 220 valence electrons. The standard InChI is InChI=1S/C33H43N3O5/c1-31(2,3)20-32(4,5)35-29(39)27-33-17-16-24(41-33)25(28(38)34-18-21-12-8-6-9-13-21)26(33)30(40)36(27)23(19-37)22-14-10-7-11-15-22/h6-15,23-27,37H,16-20H2,1-5H3,(H,34,38)(H,35,39)/t23-,24+,25-,26+,27?,33?/m1/s1. The highest BCUT2D eigenvalue weighted by Gasteiger charge is 2.75. The number of fused-ring (bicyclic) bond motifs is 1. The zero-order valence-electron chi connectivity index (χ0n) is 24.7. The highest BCUT2D eigenvalue weighted by molar-refractivity contribution is 5.99. The van der Waals surface area contributed by atoms with Crippen molar-refractivity contribution < 1.29 is 24.2 Å². The Kier molecular flexibility index (Phi) is 7.76. The van der Waals surface area contributed by atoms with E-state index in [0.717, 1.165) is 17.5 Å². The van der Waals surface area contributed by atoms with E-state index >= 15 is 0 Å². The molecule has 1 spiro atoms. The Labute approximate surface area is 242 Å². The van der Waals surface area contributed by atoms with Gasteiger partial charge in [0.1, 0.15) is 11.6 Å². The monoisotopic (exact) mass is 561 g/mol. The van der Waals surface area contributed by atoms with E-state index in [0.29, 0.717) is 19.4 Å². The van der Waals surface area contributed by atoms with E-state index in [1.165, 1.54) is 4.90 Å². The SMILES string of the molecule is CC(C)(C)CC(C)(C)NC(=O)C1N([C@H](CO)c2ccccc2)C(=O)[C@@H]2[C@H](C(=O)NCc3ccccc3)[C@@H]3CCC12O3. The molecule has 8 heteroatoms. The number of likely N-dealkylation sites (tertiary alicyclic amines) is 1. The normalized spacial score (nSPS) is 28.0. The minimum absolute atomic E-state index is 0.0370. The number of hydrogen-bond donors (Lipinski definition) is 3. The lowest BCUT2D eigenvalue weighted by Gasteiger charge is -2.40. The van der Waals surface area contributed by atoms with Crippen LogP contribution in [0, 0.1) is 17.3 Å². The molecular formula is C33H43N3O5. The third-order valence-corrected chi connectivity index (χ3v) is 8.73. The zero-order chi connectivity index (χ0) is 29.6. The lowest BCUT2D eigenvalue weighted by atomic mass is 9.70. The lowest BCUT2D eigenvalue weighted by Crippen LogP contribution is -2.60. The van der Waals surface area contributed by atoms with E-state index in [1.807, 2.05) is 74.5 Å². The van der Waals surface area contributed by atoms with Crippen molar-refractivity contribution in [3.8, 4) is 0 Å². The van der Waals surface area contributed by atoms with E-state index in [9.17, 15) is 19.5 Å². The molecule has 3 amide bonds. The second kappa shape index (κ2) is 10.9. The van der Waals surface area contributed by atoms with Crippen LogP contribution in [0.15, 0.2) is 60.7 Å². The Balaban J connectivity index is 1.50. The summed E-state index contributed by atoms with van der Waals surface area (Å²) in [5.41, 5.74) is -0.0397. The molecule has 0 radical (unpaired) electrons. The van der Waals surface area contributed by atoms with Gasteiger partial charge in [0.05, 0.1) is 30.6 Å². The molecule has 8 nitrogen and oxygen atoms in total. The maximum atomic E-state index is 14.4. The summed E-state index contributed by atoms with van der Waals surface area (Å²) < 4.78 is 6.58. The first-order valence-electron chi connectivity index (χ1n) is 14.7. The fourth-order valence-corrected chi connectivity index (χ4v) is 7.73. The fourth-order valence-electron chi connectivity index (χ4n) is 7.73. The number of carbonyl (C=O) groups is 3. The fraction of sp³-hybridized carbons (Fsp3) is 0.545. The maximum absolute atomic E-state index is 14.4. The molecular weight excluding hydrogens is 518 g/mol. The molecule has 2 bridgehead atoms. The van der Waals surface area contributed by atoms with Gasteiger partial charge in [0.15, 0.2) is 0 Å². The largest absolute Gasteiger partial charge is 0.394 e. The predicted molar refractivity (Wildman–Crippen MR) is 155 cm³/mol. The smallest absolute Gasteiger partial charge is 0.246 e. The van der Waals surface area contributed by atoms with Gasteiger partial charge in [0.25, 0.3) is 0 Å². The predicted octanol–water partition coefficient (Wildman–Crippen LogP) is 3.74. The van der Waals surface area contributed by atoms with Crippen molar-refractivity contribution in [3.05, 3.63) is 71.8 Å². The van der Waals surface area contributed by atoms with Crippen molar-refractivity contribution in [2.75, 3.05) is 6.61 Å². The topological polar surface area (TPSA) is 108 Å². The molecule has 2 aromatic carbocycles. The molecule has 3 saturated heterocycles. The molecule has 0 saturated carbocycles. The number of rotatable bonds is 9. The molecule has 3 aliphatic heterocycles. The summed E-state index contributed by atoms with van der Waals surface area (Å²) >= 11 is 0. The van der Waals surface area contributed by atoms with Gasteiger partial charge in [0.2, 0.25) is 17.7 Å². The molecule has 41 heavy (non-hydrogen) atoms. The second-order valence-electron chi connectivity index (χ2n) is 13.7. The summed E-state index contributed by atoms with van der Waals surface area (Å²) in [4.78, 5) is 43.9. The van der Waals surface area contributed by atoms with Gasteiger partial charge < -0.3 is 25.4 Å². The zero-order valence-corrected chi connectivity index (χ0v) is 24.7. The first kappa shape index (κ1) is 29.3. The second-order valence-corrected chi connectivity index (χ2v) is 13.7. The highest BCUT2D eigenvalue weighted by atomic mass is 16.5. The van der Waals surface area contributed by atoms with Gasteiger partial charge in [-0.1, -0.05) is 81.4 Å². The molecule has 3 aliphatic rings. The van der Waals surface area contributed by atoms with Crippen molar-refractivity contribution in [1.82, 2.24) is 15.5 Å². The van der Waals surface area contributed by atoms with Crippen LogP contribution in [-0.2, 0) is 25.7 Å². The van der Waals surface area contributed by atoms with Gasteiger partial charge >= 0.3 is 0 Å². The van der Waals surface area contributed by atoms with Gasteiger partial charge in [-0.2, -0.15) is 0 Å². The molecule has 2 aromatic rings. The van der Waals surface area contributed by atoms with Crippen LogP contribution in [0.25, 0.3) is 0 Å². The number of aliphatic hydroxyl groups excluding tert-OH is 1. The van der Waals surface area contributed by atoms with E-state index in [4.69, 9.17) is 4.74 Å². The number of aliphatic hydroxyl groups is 1. The summed E-state index contributed by atoms with van der Waals surface area (Å²) in [6, 6.07) is 17.2. The number of nitrogens with one attached hydrogen (secondary N) is 2. The Morgan fingerprint density at radius 3 is 2.27 bits per heavy atom. The van der Waals surface area contributed by atoms with Crippen LogP contribution in [0.5, 0.6) is 0 Å². The van der Waals surface area contributed by atoms with E-state index in [2.05, 4.69) is 31.4 Å². The van der Waals surface area contributed by atoms with Crippen LogP contribution in [0.1, 0.15) is 71.0 Å². The third-order valence-electron chi connectivity index (χ3n) is 8.73. The molecule has 5 rings (SSSR count). The third kappa shape index (κ3) is 5.52. The van der Waals surface area contributed by atoms with Crippen LogP contribution < -0.4 is 10.6 Å². The molecule has 2 unspecified atom stereocenters. The van der Waals surface area contributed by atoms with Gasteiger partial charge in [-0.15, -0.1) is 0 Å². The summed E-state index contributed by atoms with van der Waals surface area (Å²) in [7, 11) is 0. The average Bonchev–Trinajstić information content (AvgIpc) is 3.55. The maximum Gasteiger partial charge on any atom is 0.246 e. The van der Waals surface area contributed by atoms with Crippen LogP contribution in [0.2, 0.25) is 0 Å². The summed E-state index contributed by atoms with van der Waals surface area (Å²) in [5.74, 6) is -2.39. The number of benzene rings is 2. The Bertz CT molecular complexity index is 1270. The lowest BCUT2D eigenvalue weighted by molar-refractivity contribution is -0.146. The minimum atomic E-state index is -1.14. The van der Waals surface area contributed by atoms with Crippen molar-refractivity contribution in [3.63, 3.8) is 0 Å². The molecule has 6 atom stereocenters. The Hall–Kier alpha value is -3.23. The van der Waals surface area contributed by atoms with E-state index < -0.39 is 41.2 Å². The van der Waals surface area contributed by atoms with Crippen molar-refractivity contribution in [2.45, 2.75) is 89.8 Å². The number of ether oxygens (including phenoxy) is 1. The first-order valence-corrected chi connectivity index (χ1v) is 14.7. The summed E-state index contributed by atoms with van der Waals surface area (Å²) in [6.07, 6.45) is 1.37. The van der Waals surface area contributed by atoms with Gasteiger partial charge in [-0.3, -0.25) is 14.4 Å². The molecule has 0 aliphatic carbocycles. The highest BCUT2D eigenvalue weighted by Crippen LogP contribution is 2.59. The Morgan fingerprint density at radius 2 is 1.66 bits per heavy atom. The van der Waals surface area contributed by atoms with Gasteiger partial charge in [-0.05, 0) is 49.7 Å². The van der Waals surface area contributed by atoms with Gasteiger partial charge in [-0.25, -0.2) is 0 Å². The quantitative estimate of drug-likeness (QED) is 0.432. The van der Waals surface area contributed by atoms with Crippen LogP contribution in [0.3, 0.4) is 0 Å². The van der Waals surface area contributed by atoms with E-state index in [-0.39, 0.29) is 29.7 Å². The van der Waals surface area contributed by atoms with Crippen molar-refractivity contribution in [2.24, 2.45) is 17.3 Å². The minimum Gasteiger partial charge on any atom is -0.394 e. The average molecular weight is 562 g/mol. The number of carbonyl (C=O) groups excluding carboxylic acids is 3. The van der Waals surface area contributed by atoms with Crippen LogP contribution in [-0.4, -0.2) is 57.6 Å². The molecule has 3 N–H and O–H groups in total. The summed E-state index contributed by atoms with van der Waals surface area (Å²) in [5, 5.41) is 16.8. The van der Waals surface area contributed by atoms with Crippen molar-refractivity contribution in [1.29, 1.82) is 0 Å². The Morgan fingerprint density at radius 1 is 1.02 bits per heavy atom. The molecule has 0 aromatic heterocycles. The van der Waals surface area contributed by atoms with Crippen molar-refractivity contribution >= 4 is 17.7 Å². The van der Waals surface area contributed by atoms with E-state index in [1.54, 1.807) is 0 Å². The number of hydrogen-bond acceptors (Lipinski definition) is 5. The van der Waals surface area contributed by atoms with Crippen LogP contribution >= 0.6 is 0 Å². The molecule has 3 heterocycles. The number of nitrogens with zero attached hydrogens (tertiary/aromatic N) is 1. The summed E-state index contributed by atoms with van der Waals surface area (Å²) in [6.45, 7) is 10.3. The molecule has 3 fully saturated rings.